The Morgan fingerprint density at radius 1 is 1.39 bits per heavy atom. The first-order valence-electron chi connectivity index (χ1n) is 5.07. The van der Waals surface area contributed by atoms with E-state index in [9.17, 15) is 4.79 Å². The average Bonchev–Trinajstić information content (AvgIpc) is 2.76. The molecule has 0 spiro atoms. The highest BCUT2D eigenvalue weighted by Crippen LogP contribution is 2.24. The maximum atomic E-state index is 10.8. The normalized spacial score (nSPS) is 10.3. The van der Waals surface area contributed by atoms with Gasteiger partial charge in [0.2, 0.25) is 0 Å². The Labute approximate surface area is 127 Å². The van der Waals surface area contributed by atoms with Crippen LogP contribution in [0.2, 0.25) is 5.02 Å². The minimum Gasteiger partial charge on any atom is -0.477 e. The molecule has 0 saturated heterocycles. The summed E-state index contributed by atoms with van der Waals surface area (Å²) in [6, 6.07) is 9.06. The molecule has 2 aromatic rings. The molecule has 6 heteroatoms. The standard InChI is InChI=1S/C12H9ClINO2S/c13-7-1-3-10(9(14)5-7)15-6-8-2-4-11(18-8)12(16)17/h1-5,15H,6H2,(H,16,17). The van der Waals surface area contributed by atoms with Crippen LogP contribution in [0.3, 0.4) is 0 Å². The summed E-state index contributed by atoms with van der Waals surface area (Å²) in [6.07, 6.45) is 0. The third kappa shape index (κ3) is 3.37. The van der Waals surface area contributed by atoms with Crippen LogP contribution in [0.5, 0.6) is 0 Å². The van der Waals surface area contributed by atoms with Gasteiger partial charge in [0.1, 0.15) is 4.88 Å². The predicted octanol–water partition coefficient (Wildman–Crippen LogP) is 4.32. The Balaban J connectivity index is 2.04. The van der Waals surface area contributed by atoms with Crippen molar-refractivity contribution in [3.8, 4) is 0 Å². The third-order valence-corrected chi connectivity index (χ3v) is 4.46. The smallest absolute Gasteiger partial charge is 0.345 e. The number of benzene rings is 1. The van der Waals surface area contributed by atoms with E-state index in [1.807, 2.05) is 24.3 Å². The van der Waals surface area contributed by atoms with Gasteiger partial charge in [0, 0.05) is 25.7 Å². The Morgan fingerprint density at radius 3 is 2.78 bits per heavy atom. The molecule has 2 N–H and O–H groups in total. The summed E-state index contributed by atoms with van der Waals surface area (Å²) in [5, 5.41) is 12.8. The zero-order chi connectivity index (χ0) is 13.1. The molecule has 0 aliphatic heterocycles. The van der Waals surface area contributed by atoms with Gasteiger partial charge in [-0.25, -0.2) is 4.79 Å². The largest absolute Gasteiger partial charge is 0.477 e. The summed E-state index contributed by atoms with van der Waals surface area (Å²) in [5.74, 6) is -0.882. The summed E-state index contributed by atoms with van der Waals surface area (Å²) in [5.41, 5.74) is 0.991. The van der Waals surface area contributed by atoms with Crippen LogP contribution in [0.25, 0.3) is 0 Å². The zero-order valence-corrected chi connectivity index (χ0v) is 12.8. The summed E-state index contributed by atoms with van der Waals surface area (Å²) < 4.78 is 1.04. The molecule has 1 heterocycles. The SMILES string of the molecule is O=C(O)c1ccc(CNc2ccc(Cl)cc2I)s1. The van der Waals surface area contributed by atoms with E-state index in [1.165, 1.54) is 11.3 Å². The number of carboxylic acids is 1. The molecule has 2 rings (SSSR count). The van der Waals surface area contributed by atoms with Crippen LogP contribution >= 0.6 is 45.5 Å². The van der Waals surface area contributed by atoms with Gasteiger partial charge >= 0.3 is 5.97 Å². The van der Waals surface area contributed by atoms with Crippen molar-refractivity contribution in [3.63, 3.8) is 0 Å². The number of nitrogens with one attached hydrogen (secondary N) is 1. The predicted molar refractivity (Wildman–Crippen MR) is 82.8 cm³/mol. The molecule has 0 aliphatic rings. The lowest BCUT2D eigenvalue weighted by Gasteiger charge is -2.07. The molecule has 0 radical (unpaired) electrons. The number of rotatable bonds is 4. The van der Waals surface area contributed by atoms with Crippen molar-refractivity contribution in [1.82, 2.24) is 0 Å². The topological polar surface area (TPSA) is 49.3 Å². The van der Waals surface area contributed by atoms with Crippen molar-refractivity contribution in [1.29, 1.82) is 0 Å². The van der Waals surface area contributed by atoms with E-state index in [1.54, 1.807) is 6.07 Å². The number of carboxylic acid groups (broad SMARTS) is 1. The minimum absolute atomic E-state index is 0.359. The average molecular weight is 394 g/mol. The molecule has 1 aromatic carbocycles. The number of anilines is 1. The van der Waals surface area contributed by atoms with Gasteiger partial charge in [0.15, 0.2) is 0 Å². The zero-order valence-electron chi connectivity index (χ0n) is 9.11. The quantitative estimate of drug-likeness (QED) is 0.761. The molecule has 0 atom stereocenters. The van der Waals surface area contributed by atoms with E-state index in [-0.39, 0.29) is 0 Å². The highest BCUT2D eigenvalue weighted by Gasteiger charge is 2.07. The van der Waals surface area contributed by atoms with Gasteiger partial charge in [-0.3, -0.25) is 0 Å². The Bertz CT molecular complexity index is 585. The molecule has 0 amide bonds. The van der Waals surface area contributed by atoms with E-state index in [0.717, 1.165) is 14.1 Å². The fraction of sp³-hybridized carbons (Fsp3) is 0.0833. The van der Waals surface area contributed by atoms with Crippen LogP contribution in [0.1, 0.15) is 14.5 Å². The molecular weight excluding hydrogens is 385 g/mol. The Hall–Kier alpha value is -0.790. The van der Waals surface area contributed by atoms with Gasteiger partial charge in [0.25, 0.3) is 0 Å². The first-order valence-corrected chi connectivity index (χ1v) is 7.34. The van der Waals surface area contributed by atoms with Crippen LogP contribution in [0.4, 0.5) is 5.69 Å². The fourth-order valence-corrected chi connectivity index (χ4v) is 3.25. The van der Waals surface area contributed by atoms with Crippen molar-refractivity contribution < 1.29 is 9.90 Å². The Morgan fingerprint density at radius 2 is 2.17 bits per heavy atom. The van der Waals surface area contributed by atoms with Crippen molar-refractivity contribution >= 4 is 57.2 Å². The first-order chi connectivity index (χ1) is 8.56. The second-order valence-electron chi connectivity index (χ2n) is 3.55. The number of hydrogen-bond donors (Lipinski definition) is 2. The third-order valence-electron chi connectivity index (χ3n) is 2.26. The van der Waals surface area contributed by atoms with Crippen molar-refractivity contribution in [2.45, 2.75) is 6.54 Å². The molecule has 3 nitrogen and oxygen atoms in total. The lowest BCUT2D eigenvalue weighted by atomic mass is 10.3. The summed E-state index contributed by atoms with van der Waals surface area (Å²) in [7, 11) is 0. The molecule has 18 heavy (non-hydrogen) atoms. The first kappa shape index (κ1) is 13.6. The molecular formula is C12H9ClINO2S. The molecule has 0 saturated carbocycles. The maximum absolute atomic E-state index is 10.8. The van der Waals surface area contributed by atoms with Gasteiger partial charge in [-0.1, -0.05) is 11.6 Å². The molecule has 0 fully saturated rings. The van der Waals surface area contributed by atoms with Crippen LogP contribution in [-0.4, -0.2) is 11.1 Å². The second kappa shape index (κ2) is 5.90. The molecule has 0 aliphatic carbocycles. The van der Waals surface area contributed by atoms with E-state index >= 15 is 0 Å². The van der Waals surface area contributed by atoms with Gasteiger partial charge < -0.3 is 10.4 Å². The number of aromatic carboxylic acids is 1. The summed E-state index contributed by atoms with van der Waals surface area (Å²) in [6.45, 7) is 0.607. The minimum atomic E-state index is -0.882. The molecule has 0 unspecified atom stereocenters. The van der Waals surface area contributed by atoms with Crippen molar-refractivity contribution in [3.05, 3.63) is 48.7 Å². The van der Waals surface area contributed by atoms with E-state index in [2.05, 4.69) is 27.9 Å². The maximum Gasteiger partial charge on any atom is 0.345 e. The fourth-order valence-electron chi connectivity index (χ4n) is 1.40. The Kier molecular flexibility index (Phi) is 4.47. The second-order valence-corrected chi connectivity index (χ2v) is 6.32. The number of thiophene rings is 1. The number of carbonyl (C=O) groups is 1. The van der Waals surface area contributed by atoms with E-state index in [0.29, 0.717) is 16.4 Å². The van der Waals surface area contributed by atoms with Gasteiger partial charge in [-0.05, 0) is 52.9 Å². The van der Waals surface area contributed by atoms with Crippen LogP contribution in [-0.2, 0) is 6.54 Å². The van der Waals surface area contributed by atoms with Crippen LogP contribution in [0, 0.1) is 3.57 Å². The lowest BCUT2D eigenvalue weighted by Crippen LogP contribution is -1.99. The summed E-state index contributed by atoms with van der Waals surface area (Å²) >= 11 is 9.36. The van der Waals surface area contributed by atoms with Gasteiger partial charge in [-0.2, -0.15) is 0 Å². The summed E-state index contributed by atoms with van der Waals surface area (Å²) in [4.78, 5) is 12.1. The van der Waals surface area contributed by atoms with Crippen LogP contribution < -0.4 is 5.32 Å². The molecule has 0 bridgehead atoms. The molecule has 94 valence electrons. The number of halogens is 2. The highest BCUT2D eigenvalue weighted by atomic mass is 127. The van der Waals surface area contributed by atoms with Crippen molar-refractivity contribution in [2.24, 2.45) is 0 Å². The van der Waals surface area contributed by atoms with Crippen molar-refractivity contribution in [2.75, 3.05) is 5.32 Å². The van der Waals surface area contributed by atoms with E-state index < -0.39 is 5.97 Å². The number of hydrogen-bond acceptors (Lipinski definition) is 3. The highest BCUT2D eigenvalue weighted by molar-refractivity contribution is 14.1. The molecule has 1 aromatic heterocycles. The van der Waals surface area contributed by atoms with Crippen LogP contribution in [0.15, 0.2) is 30.3 Å². The monoisotopic (exact) mass is 393 g/mol. The van der Waals surface area contributed by atoms with Gasteiger partial charge in [0.05, 0.1) is 0 Å². The van der Waals surface area contributed by atoms with E-state index in [4.69, 9.17) is 16.7 Å². The lowest BCUT2D eigenvalue weighted by molar-refractivity contribution is 0.0702. The van der Waals surface area contributed by atoms with Gasteiger partial charge in [-0.15, -0.1) is 11.3 Å².